The van der Waals surface area contributed by atoms with Gasteiger partial charge in [-0.25, -0.2) is 9.97 Å². The van der Waals surface area contributed by atoms with Crippen LogP contribution in [-0.4, -0.2) is 57.2 Å². The Hall–Kier alpha value is -3.63. The molecule has 2 aromatic heterocycles. The van der Waals surface area contributed by atoms with Crippen molar-refractivity contribution in [2.24, 2.45) is 17.8 Å². The number of carboxylic acids is 1. The van der Waals surface area contributed by atoms with Crippen molar-refractivity contribution in [2.75, 3.05) is 23.0 Å². The molecule has 226 valence electrons. The molecule has 0 bridgehead atoms. The van der Waals surface area contributed by atoms with Crippen molar-refractivity contribution in [1.29, 1.82) is 0 Å². The highest BCUT2D eigenvalue weighted by molar-refractivity contribution is 7.14. The number of aliphatic hydroxyl groups is 1. The second-order valence-electron chi connectivity index (χ2n) is 12.0. The quantitative estimate of drug-likeness (QED) is 0.335. The van der Waals surface area contributed by atoms with Crippen molar-refractivity contribution >= 4 is 40.1 Å². The topological polar surface area (TPSA) is 124 Å². The second kappa shape index (κ2) is 12.9. The van der Waals surface area contributed by atoms with E-state index in [2.05, 4.69) is 4.98 Å². The number of carboxylic acid groups (broad SMARTS) is 1. The van der Waals surface area contributed by atoms with Crippen LogP contribution in [0.25, 0.3) is 22.4 Å². The number of amides is 2. The van der Waals surface area contributed by atoms with Crippen LogP contribution >= 0.6 is 11.3 Å². The summed E-state index contributed by atoms with van der Waals surface area (Å²) >= 11 is 1.34. The molecule has 0 spiro atoms. The number of anilines is 2. The van der Waals surface area contributed by atoms with Crippen molar-refractivity contribution in [1.82, 2.24) is 9.97 Å². The molecule has 6 rings (SSSR count). The highest BCUT2D eigenvalue weighted by Gasteiger charge is 2.43. The highest BCUT2D eigenvalue weighted by atomic mass is 32.1. The molecule has 2 N–H and O–H groups in total. The molecule has 10 heteroatoms. The van der Waals surface area contributed by atoms with Gasteiger partial charge in [-0.1, -0.05) is 56.4 Å². The fraction of sp³-hybridized carbons (Fsp3) is 0.485. The summed E-state index contributed by atoms with van der Waals surface area (Å²) < 4.78 is 0. The van der Waals surface area contributed by atoms with Crippen LogP contribution in [0.4, 0.5) is 10.9 Å². The van der Waals surface area contributed by atoms with E-state index in [-0.39, 0.29) is 30.8 Å². The van der Waals surface area contributed by atoms with Crippen molar-refractivity contribution in [3.05, 3.63) is 48.0 Å². The Morgan fingerprint density at radius 2 is 1.77 bits per heavy atom. The molecular formula is C33H38N4O5S. The lowest BCUT2D eigenvalue weighted by Gasteiger charge is -2.39. The number of thiazole rings is 1. The Balaban J connectivity index is 1.32. The third-order valence-corrected chi connectivity index (χ3v) is 10.3. The van der Waals surface area contributed by atoms with E-state index < -0.39 is 17.9 Å². The number of hydrogen-bond acceptors (Lipinski definition) is 7. The third kappa shape index (κ3) is 6.08. The molecule has 1 aromatic carbocycles. The standard InChI is InChI=1S/C33H38N4O5S/c38-19-23-9-5-12-24(21-7-1-2-8-21)27(17-31(40)41)32(42)37(23)33-35-28(20-43-33)26-11-4-3-10-25(26)22-14-15-29(34-18-22)36-16-6-13-30(36)39/h3-4,10-11,14-15,18,20-21,23-24,27,38H,1-2,5-9,12-13,16-17,19H2,(H,40,41)/t23-,24?,27+/m1/s1. The van der Waals surface area contributed by atoms with Crippen LogP contribution in [0.5, 0.6) is 0 Å². The summed E-state index contributed by atoms with van der Waals surface area (Å²) in [5, 5.41) is 22.6. The lowest BCUT2D eigenvalue weighted by molar-refractivity contribution is -0.142. The van der Waals surface area contributed by atoms with Gasteiger partial charge in [0.15, 0.2) is 5.13 Å². The zero-order valence-corrected chi connectivity index (χ0v) is 25.0. The van der Waals surface area contributed by atoms with E-state index in [0.29, 0.717) is 41.9 Å². The Labute approximate surface area is 255 Å². The molecule has 3 aromatic rings. The predicted molar refractivity (Wildman–Crippen MR) is 166 cm³/mol. The first kappa shape index (κ1) is 29.4. The number of rotatable bonds is 8. The summed E-state index contributed by atoms with van der Waals surface area (Å²) in [6, 6.07) is 11.3. The zero-order chi connectivity index (χ0) is 29.9. The maximum atomic E-state index is 14.3. The average Bonchev–Trinajstić information content (AvgIpc) is 3.80. The molecule has 1 unspecified atom stereocenters. The van der Waals surface area contributed by atoms with Crippen molar-refractivity contribution in [3.63, 3.8) is 0 Å². The van der Waals surface area contributed by atoms with Crippen LogP contribution in [0.3, 0.4) is 0 Å². The van der Waals surface area contributed by atoms with E-state index in [1.54, 1.807) is 16.0 Å². The minimum Gasteiger partial charge on any atom is -0.481 e. The molecule has 9 nitrogen and oxygen atoms in total. The minimum absolute atomic E-state index is 0.0275. The second-order valence-corrected chi connectivity index (χ2v) is 12.8. The van der Waals surface area contributed by atoms with Crippen LogP contribution in [0.2, 0.25) is 0 Å². The predicted octanol–water partition coefficient (Wildman–Crippen LogP) is 5.77. The van der Waals surface area contributed by atoms with E-state index in [9.17, 15) is 24.6 Å². The monoisotopic (exact) mass is 602 g/mol. The summed E-state index contributed by atoms with van der Waals surface area (Å²) in [5.41, 5.74) is 3.39. The molecule has 2 aliphatic heterocycles. The Morgan fingerprint density at radius 1 is 0.977 bits per heavy atom. The maximum Gasteiger partial charge on any atom is 0.304 e. The summed E-state index contributed by atoms with van der Waals surface area (Å²) in [4.78, 5) is 51.2. The molecule has 3 aliphatic rings. The van der Waals surface area contributed by atoms with Gasteiger partial charge in [-0.3, -0.25) is 24.2 Å². The highest BCUT2D eigenvalue weighted by Crippen LogP contribution is 2.43. The fourth-order valence-electron chi connectivity index (χ4n) is 7.31. The number of carbonyl (C=O) groups is 3. The zero-order valence-electron chi connectivity index (χ0n) is 24.2. The van der Waals surface area contributed by atoms with Crippen molar-refractivity contribution in [3.8, 4) is 22.4 Å². The SMILES string of the molecule is O=C(O)C[C@@H]1C(=O)N(c2nc(-c3ccccc3-c3ccc(N4CCCC4=O)nc3)cs2)[C@@H](CO)CCCC1C1CCCC1. The molecule has 1 saturated carbocycles. The normalized spacial score (nSPS) is 23.5. The van der Waals surface area contributed by atoms with Gasteiger partial charge < -0.3 is 10.2 Å². The number of aromatic nitrogens is 2. The lowest BCUT2D eigenvalue weighted by Crippen LogP contribution is -2.50. The van der Waals surface area contributed by atoms with Crippen LogP contribution in [-0.2, 0) is 14.4 Å². The molecule has 43 heavy (non-hydrogen) atoms. The number of aliphatic carboxylic acids is 1. The van der Waals surface area contributed by atoms with Crippen molar-refractivity contribution < 1.29 is 24.6 Å². The number of nitrogens with zero attached hydrogens (tertiary/aromatic N) is 4. The number of benzene rings is 1. The fourth-order valence-corrected chi connectivity index (χ4v) is 8.21. The first-order valence-electron chi connectivity index (χ1n) is 15.4. The Kier molecular flexibility index (Phi) is 8.85. The summed E-state index contributed by atoms with van der Waals surface area (Å²) in [6.07, 6.45) is 9.59. The minimum atomic E-state index is -0.968. The van der Waals surface area contributed by atoms with E-state index >= 15 is 0 Å². The number of hydrogen-bond donors (Lipinski definition) is 2. The maximum absolute atomic E-state index is 14.3. The van der Waals surface area contributed by atoms with Gasteiger partial charge in [0.25, 0.3) is 0 Å². The average molecular weight is 603 g/mol. The van der Waals surface area contributed by atoms with E-state index in [4.69, 9.17) is 4.98 Å². The van der Waals surface area contributed by atoms with E-state index in [0.717, 1.165) is 61.6 Å². The van der Waals surface area contributed by atoms with Gasteiger partial charge in [-0.2, -0.15) is 0 Å². The molecule has 2 saturated heterocycles. The molecule has 0 radical (unpaired) electrons. The van der Waals surface area contributed by atoms with Gasteiger partial charge in [0.05, 0.1) is 30.7 Å². The molecule has 3 atom stereocenters. The number of pyridine rings is 1. The number of aliphatic hydroxyl groups excluding tert-OH is 1. The van der Waals surface area contributed by atoms with Crippen LogP contribution < -0.4 is 9.80 Å². The summed E-state index contributed by atoms with van der Waals surface area (Å²) in [5.74, 6) is -0.703. The summed E-state index contributed by atoms with van der Waals surface area (Å²) in [6.45, 7) is 0.477. The van der Waals surface area contributed by atoms with Gasteiger partial charge in [0.1, 0.15) is 5.82 Å². The Morgan fingerprint density at radius 3 is 2.44 bits per heavy atom. The molecule has 1 aliphatic carbocycles. The van der Waals surface area contributed by atoms with E-state index in [1.807, 2.05) is 41.8 Å². The van der Waals surface area contributed by atoms with Crippen molar-refractivity contribution in [2.45, 2.75) is 70.3 Å². The van der Waals surface area contributed by atoms with Crippen LogP contribution in [0, 0.1) is 17.8 Å². The van der Waals surface area contributed by atoms with Gasteiger partial charge in [-0.15, -0.1) is 11.3 Å². The van der Waals surface area contributed by atoms with Gasteiger partial charge >= 0.3 is 5.97 Å². The molecule has 3 fully saturated rings. The van der Waals surface area contributed by atoms with E-state index in [1.165, 1.54) is 11.3 Å². The van der Waals surface area contributed by atoms with Crippen LogP contribution in [0.15, 0.2) is 48.0 Å². The lowest BCUT2D eigenvalue weighted by atomic mass is 9.74. The number of carbonyl (C=O) groups excluding carboxylic acids is 2. The van der Waals surface area contributed by atoms with Crippen LogP contribution in [0.1, 0.15) is 64.2 Å². The van der Waals surface area contributed by atoms with Gasteiger partial charge in [-0.05, 0) is 48.8 Å². The largest absolute Gasteiger partial charge is 0.481 e. The first-order chi connectivity index (χ1) is 20.9. The third-order valence-electron chi connectivity index (χ3n) is 9.43. The summed E-state index contributed by atoms with van der Waals surface area (Å²) in [7, 11) is 0. The van der Waals surface area contributed by atoms with Gasteiger partial charge in [0.2, 0.25) is 11.8 Å². The molecule has 2 amide bonds. The molecular weight excluding hydrogens is 564 g/mol. The smallest absolute Gasteiger partial charge is 0.304 e. The van der Waals surface area contributed by atoms with Gasteiger partial charge in [0, 0.05) is 35.7 Å². The molecule has 4 heterocycles. The first-order valence-corrected chi connectivity index (χ1v) is 16.3. The Bertz CT molecular complexity index is 1470.